The van der Waals surface area contributed by atoms with E-state index in [0.717, 1.165) is 37.7 Å². The molecule has 3 heterocycles. The Balaban J connectivity index is 1.47. The summed E-state index contributed by atoms with van der Waals surface area (Å²) in [6.45, 7) is 7.58. The molecule has 1 aromatic heterocycles. The molecule has 4 rings (SSSR count). The van der Waals surface area contributed by atoms with Gasteiger partial charge in [0.1, 0.15) is 23.9 Å². The number of benzene rings is 1. The number of nitrogens with one attached hydrogen (secondary N) is 1. The Bertz CT molecular complexity index is 1100. The fourth-order valence-electron chi connectivity index (χ4n) is 4.69. The van der Waals surface area contributed by atoms with Crippen LogP contribution in [0.15, 0.2) is 24.5 Å². The number of anilines is 2. The lowest BCUT2D eigenvalue weighted by Gasteiger charge is -2.48. The predicted molar refractivity (Wildman–Crippen MR) is 129 cm³/mol. The highest BCUT2D eigenvalue weighted by Gasteiger charge is 2.43. The van der Waals surface area contributed by atoms with Gasteiger partial charge in [-0.1, -0.05) is 11.6 Å². The zero-order chi connectivity index (χ0) is 24.5. The van der Waals surface area contributed by atoms with Gasteiger partial charge in [-0.25, -0.2) is 14.8 Å². The van der Waals surface area contributed by atoms with E-state index in [2.05, 4.69) is 21.4 Å². The molecular weight excluding hydrogens is 454 g/mol. The summed E-state index contributed by atoms with van der Waals surface area (Å²) in [7, 11) is 0. The number of carbonyl (C=O) groups excluding carboxylic acids is 1. The van der Waals surface area contributed by atoms with Gasteiger partial charge in [-0.2, -0.15) is 5.26 Å². The third kappa shape index (κ3) is 5.36. The second-order valence-electron chi connectivity index (χ2n) is 9.92. The minimum absolute atomic E-state index is 0.0473. The van der Waals surface area contributed by atoms with Crippen molar-refractivity contribution in [3.05, 3.63) is 40.7 Å². The number of piperidine rings is 2. The Morgan fingerprint density at radius 1 is 1.24 bits per heavy atom. The average Bonchev–Trinajstić information content (AvgIpc) is 2.76. The summed E-state index contributed by atoms with van der Waals surface area (Å²) in [4.78, 5) is 23.5. The van der Waals surface area contributed by atoms with Crippen molar-refractivity contribution < 1.29 is 14.3 Å². The van der Waals surface area contributed by atoms with Crippen LogP contribution in [0.25, 0.3) is 0 Å². The zero-order valence-electron chi connectivity index (χ0n) is 20.0. The predicted octanol–water partition coefficient (Wildman–Crippen LogP) is 5.75. The van der Waals surface area contributed by atoms with Crippen LogP contribution >= 0.6 is 11.6 Å². The highest BCUT2D eigenvalue weighted by atomic mass is 35.5. The van der Waals surface area contributed by atoms with Gasteiger partial charge in [-0.15, -0.1) is 0 Å². The van der Waals surface area contributed by atoms with Crippen LogP contribution in [-0.2, 0) is 4.74 Å². The molecule has 0 spiro atoms. The van der Waals surface area contributed by atoms with Gasteiger partial charge < -0.3 is 19.7 Å². The summed E-state index contributed by atoms with van der Waals surface area (Å²) in [5.74, 6) is 1.10. The van der Waals surface area contributed by atoms with E-state index in [-0.39, 0.29) is 24.3 Å². The van der Waals surface area contributed by atoms with Crippen molar-refractivity contribution in [2.75, 3.05) is 5.32 Å². The Labute approximate surface area is 205 Å². The van der Waals surface area contributed by atoms with Crippen molar-refractivity contribution in [1.29, 1.82) is 5.26 Å². The normalized spacial score (nSPS) is 22.0. The van der Waals surface area contributed by atoms with Crippen molar-refractivity contribution in [3.63, 3.8) is 0 Å². The van der Waals surface area contributed by atoms with Crippen LogP contribution in [0.4, 0.5) is 16.3 Å². The maximum Gasteiger partial charge on any atom is 0.410 e. The molecule has 1 N–H and O–H groups in total. The molecule has 2 bridgehead atoms. The molecule has 2 saturated heterocycles. The number of carbonyl (C=O) groups is 1. The highest BCUT2D eigenvalue weighted by Crippen LogP contribution is 2.37. The summed E-state index contributed by atoms with van der Waals surface area (Å²) in [5.41, 5.74) is 1.39. The van der Waals surface area contributed by atoms with Gasteiger partial charge in [0.05, 0.1) is 27.9 Å². The number of nitriles is 1. The molecule has 0 aliphatic carbocycles. The van der Waals surface area contributed by atoms with E-state index >= 15 is 0 Å². The first-order chi connectivity index (χ1) is 16.1. The molecule has 2 aliphatic rings. The van der Waals surface area contributed by atoms with Crippen molar-refractivity contribution in [2.24, 2.45) is 0 Å². The maximum absolute atomic E-state index is 12.8. The van der Waals surface area contributed by atoms with E-state index in [0.29, 0.717) is 28.0 Å². The van der Waals surface area contributed by atoms with Crippen LogP contribution in [0.3, 0.4) is 0 Å². The quantitative estimate of drug-likeness (QED) is 0.590. The van der Waals surface area contributed by atoms with Gasteiger partial charge in [-0.05, 0) is 65.2 Å². The maximum atomic E-state index is 12.8. The average molecular weight is 484 g/mol. The molecule has 34 heavy (non-hydrogen) atoms. The number of hydrogen-bond donors (Lipinski definition) is 1. The van der Waals surface area contributed by atoms with Crippen LogP contribution < -0.4 is 10.1 Å². The molecule has 0 saturated carbocycles. The minimum Gasteiger partial charge on any atom is -0.474 e. The molecule has 2 fully saturated rings. The second-order valence-corrected chi connectivity index (χ2v) is 10.3. The molecule has 0 radical (unpaired) electrons. The number of amides is 1. The minimum atomic E-state index is -0.516. The lowest BCUT2D eigenvalue weighted by Crippen LogP contribution is -2.57. The second kappa shape index (κ2) is 9.67. The molecule has 2 atom stereocenters. The van der Waals surface area contributed by atoms with E-state index in [1.54, 1.807) is 18.2 Å². The largest absolute Gasteiger partial charge is 0.474 e. The molecule has 1 amide bonds. The van der Waals surface area contributed by atoms with Crippen LogP contribution in [0, 0.1) is 18.3 Å². The lowest BCUT2D eigenvalue weighted by molar-refractivity contribution is -0.0413. The number of fused-ring (bicyclic) bond motifs is 2. The summed E-state index contributed by atoms with van der Waals surface area (Å²) in [5, 5.41) is 12.7. The number of rotatable bonds is 4. The molecule has 9 heteroatoms. The van der Waals surface area contributed by atoms with Gasteiger partial charge in [-0.3, -0.25) is 0 Å². The van der Waals surface area contributed by atoms with Crippen molar-refractivity contribution in [3.8, 4) is 11.9 Å². The Morgan fingerprint density at radius 3 is 2.56 bits per heavy atom. The molecule has 180 valence electrons. The molecule has 2 aromatic rings. The fraction of sp³-hybridized carbons (Fsp3) is 0.520. The van der Waals surface area contributed by atoms with Gasteiger partial charge in [0, 0.05) is 24.9 Å². The van der Waals surface area contributed by atoms with Gasteiger partial charge in [0.25, 0.3) is 0 Å². The van der Waals surface area contributed by atoms with E-state index in [1.807, 2.05) is 32.6 Å². The standard InChI is InChI=1S/C25H30ClN5O3/c1-15-22(30-21-9-8-16(13-27)10-20(21)26)28-14-29-23(15)33-19-11-17-6-5-7-18(12-19)31(17)24(32)34-25(2,3)4/h8-10,14,17-19H,5-7,11-12H2,1-4H3,(H,28,29,30). The topological polar surface area (TPSA) is 100 Å². The summed E-state index contributed by atoms with van der Waals surface area (Å²) >= 11 is 6.31. The van der Waals surface area contributed by atoms with E-state index in [4.69, 9.17) is 26.3 Å². The number of halogens is 1. The molecule has 2 aliphatic heterocycles. The van der Waals surface area contributed by atoms with Gasteiger partial charge in [0.15, 0.2) is 0 Å². The first-order valence-electron chi connectivity index (χ1n) is 11.6. The van der Waals surface area contributed by atoms with Crippen LogP contribution in [0.2, 0.25) is 5.02 Å². The number of hydrogen-bond acceptors (Lipinski definition) is 7. The Hall–Kier alpha value is -3.05. The molecule has 1 aromatic carbocycles. The smallest absolute Gasteiger partial charge is 0.410 e. The summed E-state index contributed by atoms with van der Waals surface area (Å²) in [6.07, 6.45) is 5.66. The van der Waals surface area contributed by atoms with E-state index < -0.39 is 5.60 Å². The summed E-state index contributed by atoms with van der Waals surface area (Å²) in [6, 6.07) is 7.32. The molecular formula is C25H30ClN5O3. The fourth-order valence-corrected chi connectivity index (χ4v) is 4.92. The first-order valence-corrected chi connectivity index (χ1v) is 12.0. The summed E-state index contributed by atoms with van der Waals surface area (Å²) < 4.78 is 12.0. The first kappa shape index (κ1) is 24.1. The monoisotopic (exact) mass is 483 g/mol. The molecule has 2 unspecified atom stereocenters. The Morgan fingerprint density at radius 2 is 1.94 bits per heavy atom. The van der Waals surface area contributed by atoms with Crippen molar-refractivity contribution in [2.45, 2.75) is 83.6 Å². The third-order valence-corrected chi connectivity index (χ3v) is 6.52. The van der Waals surface area contributed by atoms with E-state index in [9.17, 15) is 4.79 Å². The third-order valence-electron chi connectivity index (χ3n) is 6.20. The number of nitrogens with zero attached hydrogens (tertiary/aromatic N) is 4. The van der Waals surface area contributed by atoms with Crippen LogP contribution in [-0.4, -0.2) is 44.7 Å². The Kier molecular flexibility index (Phi) is 6.85. The van der Waals surface area contributed by atoms with Crippen molar-refractivity contribution >= 4 is 29.2 Å². The van der Waals surface area contributed by atoms with Gasteiger partial charge >= 0.3 is 6.09 Å². The zero-order valence-corrected chi connectivity index (χ0v) is 20.7. The van der Waals surface area contributed by atoms with Gasteiger partial charge in [0.2, 0.25) is 5.88 Å². The van der Waals surface area contributed by atoms with E-state index in [1.165, 1.54) is 6.33 Å². The SMILES string of the molecule is Cc1c(Nc2ccc(C#N)cc2Cl)ncnc1OC1CC2CCCC(C1)N2C(=O)OC(C)(C)C. The number of ether oxygens (including phenoxy) is 2. The lowest BCUT2D eigenvalue weighted by atomic mass is 9.83. The van der Waals surface area contributed by atoms with Crippen LogP contribution in [0.1, 0.15) is 64.0 Å². The van der Waals surface area contributed by atoms with Crippen LogP contribution in [0.5, 0.6) is 5.88 Å². The number of aromatic nitrogens is 2. The van der Waals surface area contributed by atoms with Crippen molar-refractivity contribution in [1.82, 2.24) is 14.9 Å². The molecule has 8 nitrogen and oxygen atoms in total. The highest BCUT2D eigenvalue weighted by molar-refractivity contribution is 6.33.